The van der Waals surface area contributed by atoms with Gasteiger partial charge in [0.2, 0.25) is 0 Å². The normalized spacial score (nSPS) is 12.6. The van der Waals surface area contributed by atoms with E-state index in [1.54, 1.807) is 25.6 Å². The van der Waals surface area contributed by atoms with Gasteiger partial charge in [0, 0.05) is 30.7 Å². The van der Waals surface area contributed by atoms with Gasteiger partial charge in [-0.1, -0.05) is 48.4 Å². The van der Waals surface area contributed by atoms with E-state index in [2.05, 4.69) is 65.1 Å². The van der Waals surface area contributed by atoms with Crippen LogP contribution in [0.1, 0.15) is 49.9 Å². The topological polar surface area (TPSA) is 52.6 Å². The molecule has 2 atom stereocenters. The first-order valence-corrected chi connectivity index (χ1v) is 13.8. The van der Waals surface area contributed by atoms with Crippen LogP contribution in [0.15, 0.2) is 68.2 Å². The largest absolute Gasteiger partial charge is 0.448 e. The average molecular weight is 531 g/mol. The number of hydrogen-bond donors (Lipinski definition) is 0. The maximum Gasteiger partial charge on any atom is 0.334 e. The quantitative estimate of drug-likeness (QED) is 0.133. The third-order valence-electron chi connectivity index (χ3n) is 4.91. The molecule has 0 radical (unpaired) electrons. The fourth-order valence-electron chi connectivity index (χ4n) is 3.33. The summed E-state index contributed by atoms with van der Waals surface area (Å²) in [7, 11) is 0. The van der Waals surface area contributed by atoms with E-state index in [4.69, 9.17) is 9.47 Å². The van der Waals surface area contributed by atoms with Crippen LogP contribution in [-0.4, -0.2) is 22.8 Å². The molecular weight excluding hydrogens is 497 g/mol. The lowest BCUT2D eigenvalue weighted by molar-refractivity contribution is -0.140. The van der Waals surface area contributed by atoms with Crippen LogP contribution in [0.4, 0.5) is 0 Å². The number of benzene rings is 2. The maximum atomic E-state index is 11.8. The van der Waals surface area contributed by atoms with Crippen molar-refractivity contribution in [2.24, 2.45) is 0 Å². The third-order valence-corrected chi connectivity index (χ3v) is 8.47. The first-order valence-electron chi connectivity index (χ1n) is 11.2. The summed E-state index contributed by atoms with van der Waals surface area (Å²) in [6.07, 6.45) is 0. The van der Waals surface area contributed by atoms with E-state index in [1.807, 2.05) is 13.8 Å². The molecule has 7 heteroatoms. The van der Waals surface area contributed by atoms with Crippen molar-refractivity contribution in [3.63, 3.8) is 0 Å². The van der Waals surface area contributed by atoms with Gasteiger partial charge in [-0.05, 0) is 102 Å². The average Bonchev–Trinajstić information content (AvgIpc) is 2.73. The highest BCUT2D eigenvalue weighted by Crippen LogP contribution is 2.39. The van der Waals surface area contributed by atoms with Crippen molar-refractivity contribution in [1.29, 1.82) is 0 Å². The van der Waals surface area contributed by atoms with E-state index < -0.39 is 0 Å². The zero-order valence-electron chi connectivity index (χ0n) is 21.7. The molecule has 0 aliphatic heterocycles. The van der Waals surface area contributed by atoms with Crippen LogP contribution in [0.2, 0.25) is 0 Å². The van der Waals surface area contributed by atoms with Gasteiger partial charge in [-0.15, -0.1) is 0 Å². The lowest BCUT2D eigenvalue weighted by Crippen LogP contribution is -2.12. The molecule has 0 saturated carbocycles. The first kappa shape index (κ1) is 29.1. The van der Waals surface area contributed by atoms with Gasteiger partial charge < -0.3 is 9.47 Å². The van der Waals surface area contributed by atoms with Gasteiger partial charge in [-0.2, -0.15) is 0 Å². The first-order chi connectivity index (χ1) is 16.3. The molecule has 2 rings (SSSR count). The Labute approximate surface area is 222 Å². The molecule has 2 aromatic carbocycles. The molecule has 2 unspecified atom stereocenters. The van der Waals surface area contributed by atoms with Crippen LogP contribution in [0.5, 0.6) is 0 Å². The zero-order chi connectivity index (χ0) is 26.4. The SMILES string of the molecule is C=C(C)C(=O)OC(C)Sc1c(C)cc(Sc2cc(C)c(SC(C)OC(=O)C(=C)C)c(C)c2)cc1C. The van der Waals surface area contributed by atoms with Gasteiger partial charge in [0.25, 0.3) is 0 Å². The van der Waals surface area contributed by atoms with Crippen molar-refractivity contribution < 1.29 is 19.1 Å². The standard InChI is InChI=1S/C28H34O4S3/c1-15(2)27(29)31-21(9)33-25-17(5)11-23(12-18(25)6)35-24-13-19(7)26(20(8)14-24)34-22(10)32-28(30)16(3)4/h11-14,21-22H,1,3H2,2,4-10H3. The molecule has 4 nitrogen and oxygen atoms in total. The van der Waals surface area contributed by atoms with Gasteiger partial charge in [0.15, 0.2) is 0 Å². The van der Waals surface area contributed by atoms with Crippen LogP contribution >= 0.6 is 35.3 Å². The molecule has 0 fully saturated rings. The molecule has 0 saturated heterocycles. The monoisotopic (exact) mass is 530 g/mol. The number of carbonyl (C=O) groups excluding carboxylic acids is 2. The highest BCUT2D eigenvalue weighted by Gasteiger charge is 2.17. The molecule has 0 bridgehead atoms. The van der Waals surface area contributed by atoms with Gasteiger partial charge >= 0.3 is 11.9 Å². The minimum atomic E-state index is -0.372. The Morgan fingerprint density at radius 3 is 1.23 bits per heavy atom. The minimum Gasteiger partial charge on any atom is -0.448 e. The van der Waals surface area contributed by atoms with E-state index in [1.165, 1.54) is 23.5 Å². The third kappa shape index (κ3) is 8.51. The second-order valence-electron chi connectivity index (χ2n) is 8.62. The predicted molar refractivity (Wildman–Crippen MR) is 148 cm³/mol. The summed E-state index contributed by atoms with van der Waals surface area (Å²) in [6, 6.07) is 8.67. The number of rotatable bonds is 10. The number of hydrogen-bond acceptors (Lipinski definition) is 7. The number of thioether (sulfide) groups is 2. The van der Waals surface area contributed by atoms with E-state index in [0.717, 1.165) is 41.8 Å². The summed E-state index contributed by atoms with van der Waals surface area (Å²) in [6.45, 7) is 22.6. The molecule has 188 valence electrons. The van der Waals surface area contributed by atoms with Crippen LogP contribution in [0, 0.1) is 27.7 Å². The summed E-state index contributed by atoms with van der Waals surface area (Å²) in [5, 5.41) is 0. The fourth-order valence-corrected chi connectivity index (χ4v) is 6.46. The molecule has 35 heavy (non-hydrogen) atoms. The molecule has 2 aromatic rings. The summed E-state index contributed by atoms with van der Waals surface area (Å²) < 4.78 is 10.9. The van der Waals surface area contributed by atoms with Crippen molar-refractivity contribution in [2.75, 3.05) is 0 Å². The van der Waals surface area contributed by atoms with E-state index in [9.17, 15) is 9.59 Å². The highest BCUT2D eigenvalue weighted by atomic mass is 32.2. The Balaban J connectivity index is 2.15. The minimum absolute atomic E-state index is 0.303. The Hall–Kier alpha value is -2.09. The molecule has 0 aliphatic rings. The number of carbonyl (C=O) groups is 2. The number of aryl methyl sites for hydroxylation is 4. The summed E-state index contributed by atoms with van der Waals surface area (Å²) in [4.78, 5) is 28.2. The lowest BCUT2D eigenvalue weighted by Gasteiger charge is -2.18. The van der Waals surface area contributed by atoms with Gasteiger partial charge in [-0.3, -0.25) is 0 Å². The molecule has 0 spiro atoms. The Morgan fingerprint density at radius 2 is 0.971 bits per heavy atom. The van der Waals surface area contributed by atoms with E-state index in [0.29, 0.717) is 11.1 Å². The van der Waals surface area contributed by atoms with Crippen molar-refractivity contribution in [2.45, 2.75) is 85.8 Å². The van der Waals surface area contributed by atoms with Crippen molar-refractivity contribution in [1.82, 2.24) is 0 Å². The Kier molecular flexibility index (Phi) is 10.6. The molecule has 0 heterocycles. The Morgan fingerprint density at radius 1 is 0.686 bits per heavy atom. The van der Waals surface area contributed by atoms with Crippen molar-refractivity contribution in [3.05, 3.63) is 70.8 Å². The predicted octanol–water partition coefficient (Wildman–Crippen LogP) is 8.19. The van der Waals surface area contributed by atoms with E-state index in [-0.39, 0.29) is 22.8 Å². The van der Waals surface area contributed by atoms with Crippen molar-refractivity contribution in [3.8, 4) is 0 Å². The van der Waals surface area contributed by atoms with Crippen LogP contribution in [0.25, 0.3) is 0 Å². The van der Waals surface area contributed by atoms with Crippen LogP contribution < -0.4 is 0 Å². The van der Waals surface area contributed by atoms with Gasteiger partial charge in [-0.25, -0.2) is 9.59 Å². The number of esters is 2. The number of ether oxygens (including phenoxy) is 2. The Bertz CT molecular complexity index is 1020. The van der Waals surface area contributed by atoms with Crippen LogP contribution in [-0.2, 0) is 19.1 Å². The molecule has 0 aromatic heterocycles. The summed E-state index contributed by atoms with van der Waals surface area (Å²) >= 11 is 4.79. The lowest BCUT2D eigenvalue weighted by atomic mass is 10.1. The zero-order valence-corrected chi connectivity index (χ0v) is 24.2. The van der Waals surface area contributed by atoms with Crippen LogP contribution in [0.3, 0.4) is 0 Å². The smallest absolute Gasteiger partial charge is 0.334 e. The molecular formula is C28H34O4S3. The molecule has 0 aliphatic carbocycles. The van der Waals surface area contributed by atoms with Gasteiger partial charge in [0.1, 0.15) is 10.9 Å². The van der Waals surface area contributed by atoms with E-state index >= 15 is 0 Å². The molecule has 0 N–H and O–H groups in total. The van der Waals surface area contributed by atoms with Gasteiger partial charge in [0.05, 0.1) is 0 Å². The summed E-state index contributed by atoms with van der Waals surface area (Å²) in [5.74, 6) is -0.744. The fraction of sp³-hybridized carbons (Fsp3) is 0.357. The van der Waals surface area contributed by atoms with Crippen molar-refractivity contribution >= 4 is 47.2 Å². The second kappa shape index (κ2) is 12.7. The maximum absolute atomic E-state index is 11.8. The second-order valence-corrected chi connectivity index (χ2v) is 12.4. The highest BCUT2D eigenvalue weighted by molar-refractivity contribution is 8.00. The molecule has 0 amide bonds. The summed E-state index contributed by atoms with van der Waals surface area (Å²) in [5.41, 5.74) is 4.76.